The largest absolute Gasteiger partial charge is 0.489 e. The van der Waals surface area contributed by atoms with Crippen LogP contribution >= 0.6 is 0 Å². The summed E-state index contributed by atoms with van der Waals surface area (Å²) >= 11 is 0. The van der Waals surface area contributed by atoms with E-state index in [1.165, 1.54) is 10.6 Å². The quantitative estimate of drug-likeness (QED) is 0.276. The van der Waals surface area contributed by atoms with Gasteiger partial charge in [0.2, 0.25) is 11.2 Å². The second-order valence-electron chi connectivity index (χ2n) is 12.9. The molecule has 43 heavy (non-hydrogen) atoms. The highest BCUT2D eigenvalue weighted by Crippen LogP contribution is 2.56. The Morgan fingerprint density at radius 2 is 1.60 bits per heavy atom. The molecule has 9 heteroatoms. The predicted molar refractivity (Wildman–Crippen MR) is 168 cm³/mol. The molecule has 1 aliphatic heterocycles. The van der Waals surface area contributed by atoms with E-state index < -0.39 is 0 Å². The molecule has 0 spiro atoms. The highest BCUT2D eigenvalue weighted by molar-refractivity contribution is 5.96. The first-order chi connectivity index (χ1) is 20.4. The Labute approximate surface area is 253 Å². The van der Waals surface area contributed by atoms with Crippen molar-refractivity contribution < 1.29 is 19.0 Å². The topological polar surface area (TPSA) is 86.4 Å². The van der Waals surface area contributed by atoms with Crippen LogP contribution in [0.3, 0.4) is 0 Å². The summed E-state index contributed by atoms with van der Waals surface area (Å²) in [7, 11) is 5.04. The van der Waals surface area contributed by atoms with E-state index in [0.717, 1.165) is 37.0 Å². The van der Waals surface area contributed by atoms with E-state index >= 15 is 0 Å². The molecule has 2 heterocycles. The molecule has 1 saturated heterocycles. The predicted octanol–water partition coefficient (Wildman–Crippen LogP) is 5.54. The van der Waals surface area contributed by atoms with Crippen molar-refractivity contribution in [3.63, 3.8) is 0 Å². The summed E-state index contributed by atoms with van der Waals surface area (Å²) in [5.74, 6) is 0.886. The molecule has 0 unspecified atom stereocenters. The molecule has 1 aliphatic carbocycles. The smallest absolute Gasteiger partial charge is 0.251 e. The molecule has 0 bridgehead atoms. The summed E-state index contributed by atoms with van der Waals surface area (Å²) in [5.41, 5.74) is 1.75. The van der Waals surface area contributed by atoms with E-state index in [-0.39, 0.29) is 40.7 Å². The third-order valence-corrected chi connectivity index (χ3v) is 9.58. The first-order valence-corrected chi connectivity index (χ1v) is 14.8. The van der Waals surface area contributed by atoms with Gasteiger partial charge in [-0.2, -0.15) is 0 Å². The molecule has 3 aromatic rings. The van der Waals surface area contributed by atoms with Crippen molar-refractivity contribution in [3.05, 3.63) is 75.9 Å². The molecule has 1 saturated carbocycles. The van der Waals surface area contributed by atoms with Crippen LogP contribution in [0.15, 0.2) is 53.3 Å². The number of piperidine rings is 1. The van der Waals surface area contributed by atoms with Crippen LogP contribution in [0.2, 0.25) is 0 Å². The molecule has 1 N–H and O–H groups in total. The molecular weight excluding hydrogens is 544 g/mol. The van der Waals surface area contributed by atoms with Crippen LogP contribution in [0.5, 0.6) is 5.75 Å². The Kier molecular flexibility index (Phi) is 8.30. The van der Waals surface area contributed by atoms with Gasteiger partial charge in [0.25, 0.3) is 5.91 Å². The minimum Gasteiger partial charge on any atom is -0.489 e. The maximum absolute atomic E-state index is 13.4. The van der Waals surface area contributed by atoms with E-state index in [1.807, 2.05) is 24.3 Å². The number of nitrogens with one attached hydrogen (secondary N) is 1. The molecule has 5 rings (SSSR count). The van der Waals surface area contributed by atoms with Crippen molar-refractivity contribution >= 4 is 28.2 Å². The van der Waals surface area contributed by atoms with Crippen LogP contribution in [0, 0.1) is 23.3 Å². The number of methoxy groups -OCH3 is 2. The van der Waals surface area contributed by atoms with Crippen LogP contribution in [0.4, 0.5) is 11.4 Å². The Hall–Kier alpha value is -3.87. The first-order valence-electron chi connectivity index (χ1n) is 14.8. The number of amides is 1. The lowest BCUT2D eigenvalue weighted by Gasteiger charge is -2.63. The number of rotatable bonds is 8. The van der Waals surface area contributed by atoms with E-state index in [9.17, 15) is 9.59 Å². The number of hydrogen-bond donors (Lipinski definition) is 1. The van der Waals surface area contributed by atoms with Gasteiger partial charge in [0, 0.05) is 79.8 Å². The highest BCUT2D eigenvalue weighted by atomic mass is 16.7. The van der Waals surface area contributed by atoms with Crippen molar-refractivity contribution in [2.24, 2.45) is 23.8 Å². The van der Waals surface area contributed by atoms with Crippen molar-refractivity contribution in [3.8, 4) is 5.75 Å². The molecule has 228 valence electrons. The molecule has 2 aliphatic rings. The number of hydrogen-bond acceptors (Lipinski definition) is 6. The zero-order valence-electron chi connectivity index (χ0n) is 26.1. The zero-order valence-corrected chi connectivity index (χ0v) is 26.1. The second kappa shape index (κ2) is 11.7. The number of nitrogens with zero attached hydrogens (tertiary/aromatic N) is 3. The maximum atomic E-state index is 13.4. The normalized spacial score (nSPS) is 21.3. The van der Waals surface area contributed by atoms with Gasteiger partial charge < -0.3 is 29.0 Å². The van der Waals surface area contributed by atoms with Gasteiger partial charge in [-0.15, -0.1) is 0 Å². The fraction of sp³-hybridized carbons (Fsp3) is 0.500. The standard InChI is InChI=1S/C34H42N4O5/c1-33(2)31(34(3,4)32(33)43-26-15-14-25(35-5)28-24(26)13-16-27(39)37(28)6)36-29(40)21-9-11-23(12-10-21)38-19-17-22(18-20-38)30(41-7)42-8/h9-16,22,30-32H,17-20H2,1-4,6-8H3,(H,36,40). The number of aryl methyl sites for hydroxylation is 1. The average molecular weight is 587 g/mol. The van der Waals surface area contributed by atoms with Crippen LogP contribution < -0.4 is 20.5 Å². The van der Waals surface area contributed by atoms with Crippen molar-refractivity contribution in [2.45, 2.75) is 59.0 Å². The van der Waals surface area contributed by atoms with Gasteiger partial charge in [-0.3, -0.25) is 9.59 Å². The van der Waals surface area contributed by atoms with E-state index in [4.69, 9.17) is 20.8 Å². The number of aromatic nitrogens is 1. The molecule has 0 atom stereocenters. The van der Waals surface area contributed by atoms with Crippen molar-refractivity contribution in [1.82, 2.24) is 9.88 Å². The van der Waals surface area contributed by atoms with Gasteiger partial charge in [0.15, 0.2) is 6.29 Å². The Morgan fingerprint density at radius 1 is 0.977 bits per heavy atom. The molecule has 1 amide bonds. The van der Waals surface area contributed by atoms with E-state index in [0.29, 0.717) is 28.4 Å². The number of pyridine rings is 1. The highest BCUT2D eigenvalue weighted by Gasteiger charge is 2.64. The summed E-state index contributed by atoms with van der Waals surface area (Å²) in [6.45, 7) is 17.8. The van der Waals surface area contributed by atoms with Gasteiger partial charge in [-0.1, -0.05) is 33.8 Å². The Balaban J connectivity index is 1.27. The number of ether oxygens (including phenoxy) is 3. The maximum Gasteiger partial charge on any atom is 0.251 e. The van der Waals surface area contributed by atoms with Gasteiger partial charge in [0.05, 0.1) is 12.1 Å². The zero-order chi connectivity index (χ0) is 31.1. The van der Waals surface area contributed by atoms with Crippen molar-refractivity contribution in [2.75, 3.05) is 32.2 Å². The molecule has 0 radical (unpaired) electrons. The average Bonchev–Trinajstić information content (AvgIpc) is 3.01. The third-order valence-electron chi connectivity index (χ3n) is 9.58. The summed E-state index contributed by atoms with van der Waals surface area (Å²) in [5, 5.41) is 4.00. The van der Waals surface area contributed by atoms with Gasteiger partial charge in [0.1, 0.15) is 11.9 Å². The van der Waals surface area contributed by atoms with Gasteiger partial charge in [-0.25, -0.2) is 4.85 Å². The SMILES string of the molecule is [C-]#[N+]c1ccc(OC2C(C)(C)C(NC(=O)c3ccc(N4CCC(C(OC)OC)CC4)cc3)C2(C)C)c2ccc(=O)n(C)c12. The van der Waals surface area contributed by atoms with E-state index in [2.05, 4.69) is 42.8 Å². The van der Waals surface area contributed by atoms with Gasteiger partial charge in [-0.05, 0) is 49.2 Å². The molecule has 2 aromatic carbocycles. The van der Waals surface area contributed by atoms with Gasteiger partial charge >= 0.3 is 0 Å². The molecule has 9 nitrogen and oxygen atoms in total. The fourth-order valence-corrected chi connectivity index (χ4v) is 7.54. The fourth-order valence-electron chi connectivity index (χ4n) is 7.54. The minimum absolute atomic E-state index is 0.111. The van der Waals surface area contributed by atoms with E-state index in [1.54, 1.807) is 39.5 Å². The monoisotopic (exact) mass is 586 g/mol. The summed E-state index contributed by atoms with van der Waals surface area (Å²) < 4.78 is 19.0. The number of fused-ring (bicyclic) bond motifs is 1. The third kappa shape index (κ3) is 5.39. The lowest BCUT2D eigenvalue weighted by Crippen LogP contribution is -2.74. The number of benzene rings is 2. The van der Waals surface area contributed by atoms with Crippen LogP contribution in [-0.4, -0.2) is 56.2 Å². The first kappa shape index (κ1) is 30.6. The number of carbonyl (C=O) groups excluding carboxylic acids is 1. The van der Waals surface area contributed by atoms with Crippen LogP contribution in [0.1, 0.15) is 50.9 Å². The second-order valence-corrected chi connectivity index (χ2v) is 12.9. The summed E-state index contributed by atoms with van der Waals surface area (Å²) in [4.78, 5) is 31.7. The molecule has 2 fully saturated rings. The molecular formula is C34H42N4O5. The Morgan fingerprint density at radius 3 is 2.19 bits per heavy atom. The number of anilines is 1. The minimum atomic E-state index is -0.378. The van der Waals surface area contributed by atoms with Crippen molar-refractivity contribution in [1.29, 1.82) is 0 Å². The summed E-state index contributed by atoms with van der Waals surface area (Å²) in [6.07, 6.45) is 1.59. The summed E-state index contributed by atoms with van der Waals surface area (Å²) in [6, 6.07) is 14.4. The van der Waals surface area contributed by atoms with Crippen LogP contribution in [0.25, 0.3) is 15.7 Å². The number of carbonyl (C=O) groups is 1. The van der Waals surface area contributed by atoms with Crippen LogP contribution in [-0.2, 0) is 16.5 Å². The lowest BCUT2D eigenvalue weighted by molar-refractivity contribution is -0.163. The molecule has 1 aromatic heterocycles. The Bertz CT molecular complexity index is 1580. The lowest BCUT2D eigenvalue weighted by atomic mass is 9.49.